The topological polar surface area (TPSA) is 34.1 Å². The van der Waals surface area contributed by atoms with E-state index in [1.165, 1.54) is 0 Å². The molecule has 0 saturated heterocycles. The Balaban J connectivity index is 4.12. The molecule has 0 rings (SSSR count). The van der Waals surface area contributed by atoms with E-state index in [2.05, 4.69) is 0 Å². The first-order valence-corrected chi connectivity index (χ1v) is 5.57. The average molecular weight is 185 g/mol. The zero-order valence-corrected chi connectivity index (χ0v) is 7.87. The van der Waals surface area contributed by atoms with Crippen LogP contribution in [0.5, 0.6) is 0 Å². The van der Waals surface area contributed by atoms with Gasteiger partial charge in [0.2, 0.25) is 0 Å². The summed E-state index contributed by atoms with van der Waals surface area (Å²) in [5.41, 5.74) is 0. The Morgan fingerprint density at radius 2 is 2.00 bits per heavy atom. The Morgan fingerprint density at radius 3 is 2.30 bits per heavy atom. The quantitative estimate of drug-likeness (QED) is 0.620. The van der Waals surface area contributed by atoms with Crippen molar-refractivity contribution in [2.75, 3.05) is 11.6 Å². The molecule has 0 aliphatic rings. The van der Waals surface area contributed by atoms with Crippen LogP contribution in [-0.2, 0) is 9.84 Å². The maximum absolute atomic E-state index is 11.1. The summed E-state index contributed by atoms with van der Waals surface area (Å²) >= 11 is 5.31. The summed E-state index contributed by atoms with van der Waals surface area (Å²) in [6, 6.07) is 0. The lowest BCUT2D eigenvalue weighted by molar-refractivity contribution is 0.582. The van der Waals surface area contributed by atoms with E-state index >= 15 is 0 Å². The molecule has 0 aliphatic carbocycles. The van der Waals surface area contributed by atoms with Crippen molar-refractivity contribution in [2.45, 2.75) is 25.5 Å². The van der Waals surface area contributed by atoms with E-state index < -0.39 is 9.84 Å². The summed E-state index contributed by atoms with van der Waals surface area (Å²) in [5, 5.41) is -0.244. The number of sulfone groups is 1. The van der Waals surface area contributed by atoms with Crippen LogP contribution in [0.2, 0.25) is 0 Å². The number of alkyl halides is 1. The second-order valence-electron chi connectivity index (χ2n) is 2.27. The van der Waals surface area contributed by atoms with Gasteiger partial charge in [-0.1, -0.05) is 6.92 Å². The first-order chi connectivity index (χ1) is 4.54. The molecule has 0 fully saturated rings. The molecular formula is C6H13ClO2S. The summed E-state index contributed by atoms with van der Waals surface area (Å²) in [7, 11) is -2.89. The molecule has 0 saturated carbocycles. The molecule has 0 aliphatic heterocycles. The van der Waals surface area contributed by atoms with Gasteiger partial charge in [-0.05, 0) is 13.3 Å². The molecule has 0 bridgehead atoms. The highest BCUT2D eigenvalue weighted by Gasteiger charge is 2.17. The molecule has 1 unspecified atom stereocenters. The van der Waals surface area contributed by atoms with E-state index in [9.17, 15) is 8.42 Å². The van der Waals surface area contributed by atoms with Crippen LogP contribution >= 0.6 is 11.6 Å². The van der Waals surface area contributed by atoms with Crippen molar-refractivity contribution in [3.05, 3.63) is 0 Å². The first kappa shape index (κ1) is 10.2. The third kappa shape index (κ3) is 2.88. The van der Waals surface area contributed by atoms with Gasteiger partial charge in [0.25, 0.3) is 0 Å². The van der Waals surface area contributed by atoms with E-state index in [-0.39, 0.29) is 16.9 Å². The summed E-state index contributed by atoms with van der Waals surface area (Å²) in [6.07, 6.45) is 0.666. The predicted octanol–water partition coefficient (Wildman–Crippen LogP) is 1.44. The largest absolute Gasteiger partial charge is 0.229 e. The molecule has 1 atom stereocenters. The average Bonchev–Trinajstić information content (AvgIpc) is 1.86. The molecule has 62 valence electrons. The fraction of sp³-hybridized carbons (Fsp3) is 1.00. The predicted molar refractivity (Wildman–Crippen MR) is 44.3 cm³/mol. The molecule has 0 radical (unpaired) electrons. The van der Waals surface area contributed by atoms with Crippen LogP contribution in [0.1, 0.15) is 20.3 Å². The Hall–Kier alpha value is 0.240. The Labute approximate surface area is 67.5 Å². The van der Waals surface area contributed by atoms with Gasteiger partial charge in [-0.2, -0.15) is 0 Å². The second kappa shape index (κ2) is 4.19. The molecule has 0 heterocycles. The van der Waals surface area contributed by atoms with Crippen LogP contribution in [0.4, 0.5) is 0 Å². The van der Waals surface area contributed by atoms with Gasteiger partial charge in [0.1, 0.15) is 0 Å². The van der Waals surface area contributed by atoms with Crippen molar-refractivity contribution in [2.24, 2.45) is 0 Å². The highest BCUT2D eigenvalue weighted by molar-refractivity contribution is 7.92. The minimum Gasteiger partial charge on any atom is -0.229 e. The zero-order chi connectivity index (χ0) is 8.20. The molecule has 2 nitrogen and oxygen atoms in total. The van der Waals surface area contributed by atoms with Crippen molar-refractivity contribution in [1.29, 1.82) is 0 Å². The van der Waals surface area contributed by atoms with Gasteiger partial charge in [0, 0.05) is 5.88 Å². The monoisotopic (exact) mass is 184 g/mol. The third-order valence-corrected chi connectivity index (χ3v) is 4.30. The molecule has 10 heavy (non-hydrogen) atoms. The Kier molecular flexibility index (Phi) is 4.29. The summed E-state index contributed by atoms with van der Waals surface area (Å²) < 4.78 is 22.2. The fourth-order valence-corrected chi connectivity index (χ4v) is 2.33. The fourth-order valence-electron chi connectivity index (χ4n) is 0.563. The van der Waals surface area contributed by atoms with Crippen LogP contribution in [-0.4, -0.2) is 25.3 Å². The molecule has 0 spiro atoms. The van der Waals surface area contributed by atoms with Gasteiger partial charge >= 0.3 is 0 Å². The van der Waals surface area contributed by atoms with Crippen LogP contribution < -0.4 is 0 Å². The van der Waals surface area contributed by atoms with Crippen molar-refractivity contribution < 1.29 is 8.42 Å². The maximum Gasteiger partial charge on any atom is 0.154 e. The van der Waals surface area contributed by atoms with Crippen LogP contribution in [0, 0.1) is 0 Å². The van der Waals surface area contributed by atoms with Crippen LogP contribution in [0.15, 0.2) is 0 Å². The SMILES string of the molecule is CCC(C)S(=O)(=O)CCCl. The number of hydrogen-bond acceptors (Lipinski definition) is 2. The minimum atomic E-state index is -2.89. The Morgan fingerprint density at radius 1 is 1.50 bits per heavy atom. The molecule has 0 aromatic rings. The first-order valence-electron chi connectivity index (χ1n) is 3.32. The van der Waals surface area contributed by atoms with Crippen molar-refractivity contribution in [1.82, 2.24) is 0 Å². The lowest BCUT2D eigenvalue weighted by Gasteiger charge is -2.07. The molecule has 0 amide bonds. The summed E-state index contributed by atoms with van der Waals surface area (Å²) in [5.74, 6) is 0.302. The summed E-state index contributed by atoms with van der Waals surface area (Å²) in [6.45, 7) is 3.57. The zero-order valence-electron chi connectivity index (χ0n) is 6.30. The Bertz CT molecular complexity index is 174. The molecule has 0 aromatic heterocycles. The molecule has 0 N–H and O–H groups in total. The minimum absolute atomic E-state index is 0.101. The van der Waals surface area contributed by atoms with E-state index in [0.29, 0.717) is 6.42 Å². The molecule has 4 heteroatoms. The number of rotatable bonds is 4. The molecular weight excluding hydrogens is 172 g/mol. The highest BCUT2D eigenvalue weighted by Crippen LogP contribution is 2.05. The van der Waals surface area contributed by atoms with Crippen LogP contribution in [0.25, 0.3) is 0 Å². The van der Waals surface area contributed by atoms with Gasteiger partial charge in [-0.15, -0.1) is 11.6 Å². The van der Waals surface area contributed by atoms with Gasteiger partial charge in [-0.3, -0.25) is 0 Å². The van der Waals surface area contributed by atoms with Crippen LogP contribution in [0.3, 0.4) is 0 Å². The normalized spacial score (nSPS) is 15.1. The van der Waals surface area contributed by atoms with E-state index in [4.69, 9.17) is 11.6 Å². The summed E-state index contributed by atoms with van der Waals surface area (Å²) in [4.78, 5) is 0. The van der Waals surface area contributed by atoms with Gasteiger partial charge in [0.15, 0.2) is 9.84 Å². The maximum atomic E-state index is 11.1. The van der Waals surface area contributed by atoms with Crippen molar-refractivity contribution >= 4 is 21.4 Å². The van der Waals surface area contributed by atoms with Gasteiger partial charge in [-0.25, -0.2) is 8.42 Å². The highest BCUT2D eigenvalue weighted by atomic mass is 35.5. The van der Waals surface area contributed by atoms with E-state index in [0.717, 1.165) is 0 Å². The smallest absolute Gasteiger partial charge is 0.154 e. The third-order valence-electron chi connectivity index (χ3n) is 1.55. The van der Waals surface area contributed by atoms with Crippen molar-refractivity contribution in [3.63, 3.8) is 0 Å². The lowest BCUT2D eigenvalue weighted by Crippen LogP contribution is -2.20. The van der Waals surface area contributed by atoms with E-state index in [1.807, 2.05) is 6.92 Å². The standard InChI is InChI=1S/C6H13ClO2S/c1-3-6(2)10(8,9)5-4-7/h6H,3-5H2,1-2H3. The van der Waals surface area contributed by atoms with Gasteiger partial charge < -0.3 is 0 Å². The molecule has 0 aromatic carbocycles. The second-order valence-corrected chi connectivity index (χ2v) is 5.19. The van der Waals surface area contributed by atoms with E-state index in [1.54, 1.807) is 6.92 Å². The number of hydrogen-bond donors (Lipinski definition) is 0. The van der Waals surface area contributed by atoms with Gasteiger partial charge in [0.05, 0.1) is 11.0 Å². The van der Waals surface area contributed by atoms with Crippen molar-refractivity contribution in [3.8, 4) is 0 Å². The number of halogens is 1. The lowest BCUT2D eigenvalue weighted by atomic mass is 10.4.